The summed E-state index contributed by atoms with van der Waals surface area (Å²) in [7, 11) is 0. The Morgan fingerprint density at radius 1 is 1.21 bits per heavy atom. The highest BCUT2D eigenvalue weighted by atomic mass is 16.4. The number of aryl methyl sites for hydroxylation is 1. The number of carboxylic acid groups (broad SMARTS) is 1. The normalized spacial score (nSPS) is 11.6. The molecular formula is C16H17N3O5. The van der Waals surface area contributed by atoms with Gasteiger partial charge in [0.1, 0.15) is 11.8 Å². The van der Waals surface area contributed by atoms with Crippen LogP contribution < -0.4 is 10.6 Å². The standard InChI is InChI=1S/C16H17N3O5/c1-3-12-13(17-8-24-12)15(21)19-11-6-4-10(5-7-11)14(20)18-9(2)16(22)23/h4-9H,3H2,1-2H3,(H,18,20)(H,19,21)(H,22,23). The second-order valence-electron chi connectivity index (χ2n) is 5.04. The summed E-state index contributed by atoms with van der Waals surface area (Å²) in [6.45, 7) is 3.22. The Labute approximate surface area is 137 Å². The minimum Gasteiger partial charge on any atom is -0.480 e. The average Bonchev–Trinajstić information content (AvgIpc) is 3.04. The zero-order valence-corrected chi connectivity index (χ0v) is 13.2. The third-order valence-corrected chi connectivity index (χ3v) is 3.30. The number of nitrogens with one attached hydrogen (secondary N) is 2. The number of carboxylic acids is 1. The minimum atomic E-state index is -1.12. The number of hydrogen-bond acceptors (Lipinski definition) is 5. The van der Waals surface area contributed by atoms with Crippen molar-refractivity contribution in [3.8, 4) is 0 Å². The van der Waals surface area contributed by atoms with Crippen LogP contribution in [0.25, 0.3) is 0 Å². The number of hydrogen-bond donors (Lipinski definition) is 3. The summed E-state index contributed by atoms with van der Waals surface area (Å²) in [5, 5.41) is 13.8. The number of aliphatic carboxylic acids is 1. The summed E-state index contributed by atoms with van der Waals surface area (Å²) in [5.74, 6) is -1.54. The summed E-state index contributed by atoms with van der Waals surface area (Å²) in [5.41, 5.74) is 0.985. The molecule has 3 N–H and O–H groups in total. The van der Waals surface area contributed by atoms with Crippen molar-refractivity contribution in [2.24, 2.45) is 0 Å². The van der Waals surface area contributed by atoms with Crippen LogP contribution in [0.3, 0.4) is 0 Å². The van der Waals surface area contributed by atoms with Crippen LogP contribution in [0.4, 0.5) is 5.69 Å². The first-order chi connectivity index (χ1) is 11.4. The molecule has 2 aromatic rings. The zero-order chi connectivity index (χ0) is 17.7. The van der Waals surface area contributed by atoms with Gasteiger partial charge in [0.2, 0.25) is 0 Å². The predicted molar refractivity (Wildman–Crippen MR) is 84.8 cm³/mol. The van der Waals surface area contributed by atoms with Gasteiger partial charge in [0, 0.05) is 17.7 Å². The molecule has 0 saturated carbocycles. The molecular weight excluding hydrogens is 314 g/mol. The first-order valence-electron chi connectivity index (χ1n) is 7.29. The van der Waals surface area contributed by atoms with Crippen molar-refractivity contribution in [3.63, 3.8) is 0 Å². The monoisotopic (exact) mass is 331 g/mol. The van der Waals surface area contributed by atoms with E-state index in [9.17, 15) is 14.4 Å². The summed E-state index contributed by atoms with van der Waals surface area (Å²) in [6, 6.07) is 5.08. The van der Waals surface area contributed by atoms with Crippen molar-refractivity contribution < 1.29 is 23.9 Å². The fourth-order valence-corrected chi connectivity index (χ4v) is 1.94. The molecule has 24 heavy (non-hydrogen) atoms. The lowest BCUT2D eigenvalue weighted by molar-refractivity contribution is -0.138. The van der Waals surface area contributed by atoms with Crippen molar-refractivity contribution in [2.75, 3.05) is 5.32 Å². The van der Waals surface area contributed by atoms with Gasteiger partial charge >= 0.3 is 5.97 Å². The number of aromatic nitrogens is 1. The number of benzene rings is 1. The number of oxazole rings is 1. The highest BCUT2D eigenvalue weighted by Crippen LogP contribution is 2.13. The first kappa shape index (κ1) is 17.2. The lowest BCUT2D eigenvalue weighted by Gasteiger charge is -2.10. The molecule has 2 amide bonds. The molecule has 1 aromatic heterocycles. The van der Waals surface area contributed by atoms with E-state index in [2.05, 4.69) is 15.6 Å². The molecule has 1 aromatic carbocycles. The third kappa shape index (κ3) is 3.97. The van der Waals surface area contributed by atoms with Gasteiger partial charge in [-0.15, -0.1) is 0 Å². The van der Waals surface area contributed by atoms with E-state index < -0.39 is 23.8 Å². The van der Waals surface area contributed by atoms with Crippen LogP contribution >= 0.6 is 0 Å². The second kappa shape index (κ2) is 7.40. The number of rotatable bonds is 6. The molecule has 8 nitrogen and oxygen atoms in total. The van der Waals surface area contributed by atoms with Gasteiger partial charge < -0.3 is 20.2 Å². The Morgan fingerprint density at radius 3 is 2.46 bits per heavy atom. The topological polar surface area (TPSA) is 122 Å². The van der Waals surface area contributed by atoms with Crippen LogP contribution in [0.1, 0.15) is 40.5 Å². The van der Waals surface area contributed by atoms with Crippen LogP contribution in [0.5, 0.6) is 0 Å². The van der Waals surface area contributed by atoms with Gasteiger partial charge in [0.05, 0.1) is 0 Å². The predicted octanol–water partition coefficient (Wildman–Crippen LogP) is 1.69. The molecule has 2 rings (SSSR count). The first-order valence-corrected chi connectivity index (χ1v) is 7.29. The Balaban J connectivity index is 2.03. The molecule has 0 saturated heterocycles. The van der Waals surface area contributed by atoms with E-state index in [1.807, 2.05) is 6.92 Å². The molecule has 8 heteroatoms. The van der Waals surface area contributed by atoms with Crippen LogP contribution in [0, 0.1) is 0 Å². The van der Waals surface area contributed by atoms with E-state index >= 15 is 0 Å². The molecule has 0 aliphatic heterocycles. The lowest BCUT2D eigenvalue weighted by Crippen LogP contribution is -2.38. The van der Waals surface area contributed by atoms with Crippen LogP contribution in [0.15, 0.2) is 35.1 Å². The largest absolute Gasteiger partial charge is 0.480 e. The molecule has 0 bridgehead atoms. The van der Waals surface area contributed by atoms with Gasteiger partial charge in [-0.2, -0.15) is 0 Å². The zero-order valence-electron chi connectivity index (χ0n) is 13.2. The number of carbonyl (C=O) groups excluding carboxylic acids is 2. The quantitative estimate of drug-likeness (QED) is 0.740. The number of anilines is 1. The average molecular weight is 331 g/mol. The van der Waals surface area contributed by atoms with Gasteiger partial charge in [-0.1, -0.05) is 6.92 Å². The third-order valence-electron chi connectivity index (χ3n) is 3.30. The Bertz CT molecular complexity index is 751. The molecule has 0 fully saturated rings. The van der Waals surface area contributed by atoms with Crippen molar-refractivity contribution in [2.45, 2.75) is 26.3 Å². The Hall–Kier alpha value is -3.16. The second-order valence-corrected chi connectivity index (χ2v) is 5.04. The molecule has 1 unspecified atom stereocenters. The fourth-order valence-electron chi connectivity index (χ4n) is 1.94. The Kier molecular flexibility index (Phi) is 5.31. The number of amides is 2. The van der Waals surface area contributed by atoms with Crippen molar-refractivity contribution in [3.05, 3.63) is 47.7 Å². The van der Waals surface area contributed by atoms with Crippen molar-refractivity contribution in [1.29, 1.82) is 0 Å². The van der Waals surface area contributed by atoms with Gasteiger partial charge in [0.15, 0.2) is 12.1 Å². The van der Waals surface area contributed by atoms with E-state index in [4.69, 9.17) is 9.52 Å². The van der Waals surface area contributed by atoms with Gasteiger partial charge in [0.25, 0.3) is 11.8 Å². The molecule has 0 aliphatic carbocycles. The van der Waals surface area contributed by atoms with E-state index in [1.54, 1.807) is 12.1 Å². The Morgan fingerprint density at radius 2 is 1.88 bits per heavy atom. The van der Waals surface area contributed by atoms with Crippen LogP contribution in [-0.2, 0) is 11.2 Å². The highest BCUT2D eigenvalue weighted by molar-refractivity contribution is 6.04. The maximum atomic E-state index is 12.1. The molecule has 1 atom stereocenters. The minimum absolute atomic E-state index is 0.217. The van der Waals surface area contributed by atoms with Crippen LogP contribution in [0.2, 0.25) is 0 Å². The van der Waals surface area contributed by atoms with E-state index in [-0.39, 0.29) is 11.3 Å². The van der Waals surface area contributed by atoms with Gasteiger partial charge in [-0.05, 0) is 31.2 Å². The van der Waals surface area contributed by atoms with E-state index in [0.717, 1.165) is 0 Å². The fraction of sp³-hybridized carbons (Fsp3) is 0.250. The summed E-state index contributed by atoms with van der Waals surface area (Å²) in [4.78, 5) is 38.6. The molecule has 0 radical (unpaired) electrons. The number of carbonyl (C=O) groups is 3. The van der Waals surface area contributed by atoms with Crippen molar-refractivity contribution in [1.82, 2.24) is 10.3 Å². The SMILES string of the molecule is CCc1ocnc1C(=O)Nc1ccc(C(=O)NC(C)C(=O)O)cc1. The maximum Gasteiger partial charge on any atom is 0.325 e. The molecule has 126 valence electrons. The van der Waals surface area contributed by atoms with Crippen LogP contribution in [-0.4, -0.2) is 33.9 Å². The van der Waals surface area contributed by atoms with E-state index in [0.29, 0.717) is 17.9 Å². The van der Waals surface area contributed by atoms with Gasteiger partial charge in [-0.25, -0.2) is 4.98 Å². The van der Waals surface area contributed by atoms with Gasteiger partial charge in [-0.3, -0.25) is 14.4 Å². The van der Waals surface area contributed by atoms with E-state index in [1.165, 1.54) is 25.5 Å². The number of nitrogens with zero attached hydrogens (tertiary/aromatic N) is 1. The van der Waals surface area contributed by atoms with Crippen molar-refractivity contribution >= 4 is 23.5 Å². The maximum absolute atomic E-state index is 12.1. The highest BCUT2D eigenvalue weighted by Gasteiger charge is 2.17. The summed E-state index contributed by atoms with van der Waals surface area (Å²) < 4.78 is 5.11. The summed E-state index contributed by atoms with van der Waals surface area (Å²) in [6.07, 6.45) is 1.76. The molecule has 0 aliphatic rings. The summed E-state index contributed by atoms with van der Waals surface area (Å²) >= 11 is 0. The molecule has 0 spiro atoms. The molecule has 1 heterocycles. The lowest BCUT2D eigenvalue weighted by atomic mass is 10.1. The smallest absolute Gasteiger partial charge is 0.325 e.